The zero-order chi connectivity index (χ0) is 20.0. The van der Waals surface area contributed by atoms with Gasteiger partial charge in [0.25, 0.3) is 0 Å². The fraction of sp³-hybridized carbons (Fsp3) is 0.273. The largest absolute Gasteiger partial charge is 0.489 e. The van der Waals surface area contributed by atoms with Gasteiger partial charge in [-0.15, -0.1) is 0 Å². The highest BCUT2D eigenvalue weighted by molar-refractivity contribution is 5.81. The van der Waals surface area contributed by atoms with Gasteiger partial charge in [-0.1, -0.05) is 18.2 Å². The maximum absolute atomic E-state index is 6.03. The molecule has 0 aliphatic carbocycles. The number of hydrogen-bond donors (Lipinski definition) is 2. The van der Waals surface area contributed by atoms with Crippen molar-refractivity contribution in [2.45, 2.75) is 13.0 Å². The minimum atomic E-state index is 0.205. The maximum atomic E-state index is 6.03. The molecule has 0 bridgehead atoms. The number of rotatable bonds is 3. The van der Waals surface area contributed by atoms with Crippen LogP contribution in [0.3, 0.4) is 0 Å². The predicted molar refractivity (Wildman–Crippen MR) is 116 cm³/mol. The van der Waals surface area contributed by atoms with Gasteiger partial charge in [0.15, 0.2) is 0 Å². The molecule has 7 nitrogen and oxygen atoms in total. The molecule has 0 saturated heterocycles. The lowest BCUT2D eigenvalue weighted by molar-refractivity contribution is 0.312. The molecular weight excluding hydrogens is 364 g/mol. The summed E-state index contributed by atoms with van der Waals surface area (Å²) >= 11 is 0. The van der Waals surface area contributed by atoms with E-state index in [-0.39, 0.29) is 5.95 Å². The van der Waals surface area contributed by atoms with Gasteiger partial charge in [-0.05, 0) is 35.7 Å². The minimum Gasteiger partial charge on any atom is -0.489 e. The van der Waals surface area contributed by atoms with Crippen LogP contribution in [0.2, 0.25) is 0 Å². The molecule has 2 aliphatic heterocycles. The van der Waals surface area contributed by atoms with E-state index in [1.54, 1.807) is 6.20 Å². The first-order valence-electron chi connectivity index (χ1n) is 9.82. The van der Waals surface area contributed by atoms with Crippen molar-refractivity contribution in [2.75, 3.05) is 48.0 Å². The first-order valence-corrected chi connectivity index (χ1v) is 9.82. The fourth-order valence-corrected chi connectivity index (χ4v) is 4.17. The van der Waals surface area contributed by atoms with Crippen LogP contribution in [0.4, 0.5) is 23.1 Å². The molecule has 29 heavy (non-hydrogen) atoms. The predicted octanol–water partition coefficient (Wildman–Crippen LogP) is 2.70. The summed E-state index contributed by atoms with van der Waals surface area (Å²) in [6, 6.07) is 13.0. The number of nitrogens with zero attached hydrogens (tertiary/aromatic N) is 4. The molecule has 0 amide bonds. The summed E-state index contributed by atoms with van der Waals surface area (Å²) in [5, 5.41) is 0. The zero-order valence-corrected chi connectivity index (χ0v) is 16.4. The SMILES string of the molecule is CN1CCOc2c(-c3ccc4c(c3)CCN4Cc3cnc(N)nc3N)cccc21. The monoisotopic (exact) mass is 388 g/mol. The summed E-state index contributed by atoms with van der Waals surface area (Å²) in [7, 11) is 2.11. The number of anilines is 4. The molecule has 3 aromatic rings. The Morgan fingerprint density at radius 2 is 2.00 bits per heavy atom. The number of ether oxygens (including phenoxy) is 1. The number of hydrogen-bond acceptors (Lipinski definition) is 7. The number of nitrogens with two attached hydrogens (primary N) is 2. The Morgan fingerprint density at radius 3 is 2.86 bits per heavy atom. The molecule has 4 N–H and O–H groups in total. The van der Waals surface area contributed by atoms with Crippen molar-refractivity contribution >= 4 is 23.1 Å². The van der Waals surface area contributed by atoms with E-state index in [4.69, 9.17) is 16.2 Å². The van der Waals surface area contributed by atoms with Crippen molar-refractivity contribution in [3.05, 3.63) is 53.7 Å². The van der Waals surface area contributed by atoms with E-state index < -0.39 is 0 Å². The molecule has 7 heteroatoms. The first kappa shape index (κ1) is 17.6. The Labute approximate surface area is 169 Å². The van der Waals surface area contributed by atoms with Gasteiger partial charge in [0.2, 0.25) is 5.95 Å². The quantitative estimate of drug-likeness (QED) is 0.712. The van der Waals surface area contributed by atoms with E-state index in [9.17, 15) is 0 Å². The van der Waals surface area contributed by atoms with E-state index >= 15 is 0 Å². The van der Waals surface area contributed by atoms with Crippen molar-refractivity contribution in [3.8, 4) is 16.9 Å². The van der Waals surface area contributed by atoms with Gasteiger partial charge >= 0.3 is 0 Å². The zero-order valence-electron chi connectivity index (χ0n) is 16.4. The Hall–Kier alpha value is -3.48. The van der Waals surface area contributed by atoms with Crippen LogP contribution in [-0.4, -0.2) is 36.7 Å². The highest BCUT2D eigenvalue weighted by Crippen LogP contribution is 2.42. The Morgan fingerprint density at radius 1 is 1.10 bits per heavy atom. The van der Waals surface area contributed by atoms with E-state index in [1.807, 2.05) is 0 Å². The van der Waals surface area contributed by atoms with Crippen molar-refractivity contribution in [3.63, 3.8) is 0 Å². The third kappa shape index (κ3) is 3.08. The van der Waals surface area contributed by atoms with Gasteiger partial charge in [0.05, 0.1) is 12.2 Å². The van der Waals surface area contributed by atoms with Crippen LogP contribution >= 0.6 is 0 Å². The lowest BCUT2D eigenvalue weighted by Gasteiger charge is -2.29. The second-order valence-electron chi connectivity index (χ2n) is 7.58. The Balaban J connectivity index is 1.45. The molecule has 3 heterocycles. The summed E-state index contributed by atoms with van der Waals surface area (Å²) in [6.07, 6.45) is 2.71. The van der Waals surface area contributed by atoms with Gasteiger partial charge in [-0.3, -0.25) is 0 Å². The first-order chi connectivity index (χ1) is 14.1. The lowest BCUT2D eigenvalue weighted by Crippen LogP contribution is -2.28. The van der Waals surface area contributed by atoms with E-state index in [1.165, 1.54) is 16.8 Å². The van der Waals surface area contributed by atoms with Crippen molar-refractivity contribution in [1.29, 1.82) is 0 Å². The topological polar surface area (TPSA) is 93.5 Å². The van der Waals surface area contributed by atoms with E-state index in [0.717, 1.165) is 42.1 Å². The molecule has 0 saturated carbocycles. The summed E-state index contributed by atoms with van der Waals surface area (Å²) in [6.45, 7) is 3.24. The number of nitrogen functional groups attached to an aromatic ring is 2. The third-order valence-electron chi connectivity index (χ3n) is 5.74. The molecule has 0 unspecified atom stereocenters. The molecule has 0 atom stereocenters. The average Bonchev–Trinajstić information content (AvgIpc) is 3.12. The minimum absolute atomic E-state index is 0.205. The number of likely N-dealkylation sites (N-methyl/N-ethyl adjacent to an activating group) is 1. The lowest BCUT2D eigenvalue weighted by atomic mass is 9.99. The van der Waals surface area contributed by atoms with Gasteiger partial charge in [-0.25, -0.2) is 4.98 Å². The van der Waals surface area contributed by atoms with Gasteiger partial charge in [0.1, 0.15) is 18.2 Å². The summed E-state index contributed by atoms with van der Waals surface area (Å²) in [5.74, 6) is 1.62. The molecule has 1 aromatic heterocycles. The maximum Gasteiger partial charge on any atom is 0.221 e. The highest BCUT2D eigenvalue weighted by Gasteiger charge is 2.23. The fourth-order valence-electron chi connectivity index (χ4n) is 4.17. The Bertz CT molecular complexity index is 1080. The third-order valence-corrected chi connectivity index (χ3v) is 5.74. The highest BCUT2D eigenvalue weighted by atomic mass is 16.5. The van der Waals surface area contributed by atoms with Crippen LogP contribution in [0.15, 0.2) is 42.6 Å². The van der Waals surface area contributed by atoms with Crippen molar-refractivity contribution < 1.29 is 4.74 Å². The van der Waals surface area contributed by atoms with Crippen LogP contribution in [0.25, 0.3) is 11.1 Å². The van der Waals surface area contributed by atoms with Gasteiger partial charge in [-0.2, -0.15) is 4.98 Å². The molecule has 2 aliphatic rings. The summed E-state index contributed by atoms with van der Waals surface area (Å²) < 4.78 is 6.03. The van der Waals surface area contributed by atoms with Crippen LogP contribution in [0, 0.1) is 0 Å². The van der Waals surface area contributed by atoms with Crippen LogP contribution < -0.4 is 26.0 Å². The second-order valence-corrected chi connectivity index (χ2v) is 7.58. The van der Waals surface area contributed by atoms with Gasteiger partial charge in [0, 0.05) is 43.1 Å². The van der Waals surface area contributed by atoms with Crippen molar-refractivity contribution in [1.82, 2.24) is 9.97 Å². The molecular formula is C22H24N6O. The van der Waals surface area contributed by atoms with E-state index in [2.05, 4.69) is 63.2 Å². The number of aromatic nitrogens is 2. The molecule has 0 fully saturated rings. The summed E-state index contributed by atoms with van der Waals surface area (Å²) in [4.78, 5) is 12.7. The average molecular weight is 388 g/mol. The molecule has 2 aromatic carbocycles. The number of para-hydroxylation sites is 1. The number of fused-ring (bicyclic) bond motifs is 2. The van der Waals surface area contributed by atoms with Crippen molar-refractivity contribution in [2.24, 2.45) is 0 Å². The molecule has 0 radical (unpaired) electrons. The van der Waals surface area contributed by atoms with Crippen LogP contribution in [0.5, 0.6) is 5.75 Å². The number of benzene rings is 2. The Kier molecular flexibility index (Phi) is 4.16. The molecule has 5 rings (SSSR count). The van der Waals surface area contributed by atoms with Crippen LogP contribution in [-0.2, 0) is 13.0 Å². The van der Waals surface area contributed by atoms with E-state index in [0.29, 0.717) is 19.0 Å². The molecule has 0 spiro atoms. The normalized spacial score (nSPS) is 15.1. The standard InChI is InChI=1S/C22H24N6O/c1-27-9-10-29-20-17(3-2-4-19(20)27)14-5-6-18-15(11-14)7-8-28(18)13-16-12-25-22(24)26-21(16)23/h2-6,11-12H,7-10,13H2,1H3,(H4,23,24,25,26). The molecule has 148 valence electrons. The smallest absolute Gasteiger partial charge is 0.221 e. The second kappa shape index (κ2) is 6.84. The van der Waals surface area contributed by atoms with Gasteiger partial charge < -0.3 is 26.0 Å². The van der Waals surface area contributed by atoms with Crippen LogP contribution in [0.1, 0.15) is 11.1 Å². The summed E-state index contributed by atoms with van der Waals surface area (Å²) in [5.41, 5.74) is 18.6.